The summed E-state index contributed by atoms with van der Waals surface area (Å²) in [7, 11) is 0. The lowest BCUT2D eigenvalue weighted by molar-refractivity contribution is 0.248. The normalized spacial score (nSPS) is 15.5. The second-order valence-corrected chi connectivity index (χ2v) is 1.18. The summed E-state index contributed by atoms with van der Waals surface area (Å²) in [4.78, 5) is 10.0. The Balaban J connectivity index is 0.000000222. The zero-order chi connectivity index (χ0) is 6.41. The van der Waals surface area contributed by atoms with Gasteiger partial charge in [-0.25, -0.2) is 4.79 Å². The van der Waals surface area contributed by atoms with Crippen LogP contribution in [0.1, 0.15) is 13.8 Å². The second kappa shape index (κ2) is 4.43. The average molecular weight is 116 g/mol. The van der Waals surface area contributed by atoms with Crippen molar-refractivity contribution in [2.45, 2.75) is 13.8 Å². The van der Waals surface area contributed by atoms with Gasteiger partial charge in [-0.05, 0) is 0 Å². The Morgan fingerprint density at radius 1 is 1.25 bits per heavy atom. The summed E-state index contributed by atoms with van der Waals surface area (Å²) in [6.45, 7) is 5.55. The van der Waals surface area contributed by atoms with E-state index in [0.29, 0.717) is 0 Å². The van der Waals surface area contributed by atoms with Crippen molar-refractivity contribution in [1.82, 2.24) is 10.6 Å². The third-order valence-electron chi connectivity index (χ3n) is 0.696. The van der Waals surface area contributed by atoms with Gasteiger partial charge >= 0.3 is 6.03 Å². The lowest BCUT2D eigenvalue weighted by atomic mass is 10.7. The molecule has 0 atom stereocenters. The van der Waals surface area contributed by atoms with Crippen LogP contribution in [0, 0.1) is 0 Å². The second-order valence-electron chi connectivity index (χ2n) is 1.18. The molecular weight excluding hydrogens is 104 g/mol. The first-order chi connectivity index (χ1) is 3.89. The molecule has 48 valence electrons. The molecule has 2 amide bonds. The Morgan fingerprint density at radius 2 is 1.62 bits per heavy atom. The molecule has 8 heavy (non-hydrogen) atoms. The lowest BCUT2D eigenvalue weighted by Crippen LogP contribution is -2.20. The van der Waals surface area contributed by atoms with Gasteiger partial charge in [0.15, 0.2) is 0 Å². The van der Waals surface area contributed by atoms with E-state index in [1.807, 2.05) is 13.8 Å². The maximum atomic E-state index is 10.0. The largest absolute Gasteiger partial charge is 0.336 e. The van der Waals surface area contributed by atoms with Gasteiger partial charge in [0.05, 0.1) is 0 Å². The fourth-order valence-electron chi connectivity index (χ4n) is 0.415. The predicted molar refractivity (Wildman–Crippen MR) is 32.7 cm³/mol. The number of amides is 2. The fourth-order valence-corrected chi connectivity index (χ4v) is 0.415. The highest BCUT2D eigenvalue weighted by molar-refractivity contribution is 5.75. The van der Waals surface area contributed by atoms with E-state index >= 15 is 0 Å². The molecule has 2 N–H and O–H groups in total. The zero-order valence-electron chi connectivity index (χ0n) is 5.32. The Labute approximate surface area is 49.5 Å². The highest BCUT2D eigenvalue weighted by Gasteiger charge is 2.02. The molecule has 0 radical (unpaired) electrons. The van der Waals surface area contributed by atoms with Gasteiger partial charge in [-0.3, -0.25) is 0 Å². The van der Waals surface area contributed by atoms with Gasteiger partial charge in [0.2, 0.25) is 0 Å². The molecule has 0 unspecified atom stereocenters. The topological polar surface area (TPSA) is 41.1 Å². The molecule has 0 saturated carbocycles. The van der Waals surface area contributed by atoms with Crippen LogP contribution in [-0.2, 0) is 0 Å². The Bertz CT molecular complexity index is 64.8. The van der Waals surface area contributed by atoms with Gasteiger partial charge in [0, 0.05) is 13.1 Å². The Kier molecular flexibility index (Phi) is 4.03. The molecule has 1 aliphatic rings. The first-order valence-corrected chi connectivity index (χ1v) is 2.91. The van der Waals surface area contributed by atoms with Gasteiger partial charge in [0.1, 0.15) is 0 Å². The van der Waals surface area contributed by atoms with Crippen LogP contribution in [-0.4, -0.2) is 19.1 Å². The molecule has 0 aromatic heterocycles. The number of hydrogen-bond donors (Lipinski definition) is 2. The molecule has 1 saturated heterocycles. The minimum Gasteiger partial charge on any atom is -0.336 e. The lowest BCUT2D eigenvalue weighted by Gasteiger charge is -1.80. The minimum absolute atomic E-state index is 0.0463. The van der Waals surface area contributed by atoms with Crippen LogP contribution < -0.4 is 10.6 Å². The van der Waals surface area contributed by atoms with Crippen LogP contribution in [0.3, 0.4) is 0 Å². The summed E-state index contributed by atoms with van der Waals surface area (Å²) in [6, 6.07) is -0.0463. The molecule has 1 aliphatic heterocycles. The zero-order valence-corrected chi connectivity index (χ0v) is 5.32. The van der Waals surface area contributed by atoms with Crippen LogP contribution in [0.2, 0.25) is 0 Å². The van der Waals surface area contributed by atoms with Crippen LogP contribution >= 0.6 is 0 Å². The van der Waals surface area contributed by atoms with E-state index in [0.717, 1.165) is 13.1 Å². The van der Waals surface area contributed by atoms with E-state index < -0.39 is 0 Å². The number of carbonyl (C=O) groups excluding carboxylic acids is 1. The van der Waals surface area contributed by atoms with Crippen molar-refractivity contribution in [2.24, 2.45) is 0 Å². The number of urea groups is 1. The smallest absolute Gasteiger partial charge is 0.314 e. The standard InChI is InChI=1S/C3H6N2O.C2H6/c6-3-4-1-2-5-3;1-2/h1-2H2,(H2,4,5,6);1-2H3. The van der Waals surface area contributed by atoms with Crippen molar-refractivity contribution in [3.05, 3.63) is 0 Å². The van der Waals surface area contributed by atoms with Crippen LogP contribution in [0.25, 0.3) is 0 Å². The van der Waals surface area contributed by atoms with Crippen LogP contribution in [0.4, 0.5) is 4.79 Å². The van der Waals surface area contributed by atoms with E-state index in [-0.39, 0.29) is 6.03 Å². The molecule has 1 rings (SSSR count). The molecular formula is C5H12N2O. The van der Waals surface area contributed by atoms with E-state index in [9.17, 15) is 4.79 Å². The summed E-state index contributed by atoms with van der Waals surface area (Å²) in [6.07, 6.45) is 0. The van der Waals surface area contributed by atoms with Crippen molar-refractivity contribution in [2.75, 3.05) is 13.1 Å². The Morgan fingerprint density at radius 3 is 1.75 bits per heavy atom. The van der Waals surface area contributed by atoms with E-state index in [1.54, 1.807) is 0 Å². The van der Waals surface area contributed by atoms with Gasteiger partial charge in [-0.15, -0.1) is 0 Å². The van der Waals surface area contributed by atoms with E-state index in [2.05, 4.69) is 10.6 Å². The van der Waals surface area contributed by atoms with Crippen molar-refractivity contribution in [3.63, 3.8) is 0 Å². The molecule has 3 heteroatoms. The van der Waals surface area contributed by atoms with E-state index in [4.69, 9.17) is 0 Å². The van der Waals surface area contributed by atoms with Crippen LogP contribution in [0.15, 0.2) is 0 Å². The highest BCUT2D eigenvalue weighted by atomic mass is 16.2. The van der Waals surface area contributed by atoms with Crippen molar-refractivity contribution in [1.29, 1.82) is 0 Å². The van der Waals surface area contributed by atoms with Crippen LogP contribution in [0.5, 0.6) is 0 Å². The van der Waals surface area contributed by atoms with Gasteiger partial charge < -0.3 is 10.6 Å². The molecule has 3 nitrogen and oxygen atoms in total. The molecule has 0 aromatic rings. The summed E-state index contributed by atoms with van der Waals surface area (Å²) >= 11 is 0. The summed E-state index contributed by atoms with van der Waals surface area (Å²) < 4.78 is 0. The number of hydrogen-bond acceptors (Lipinski definition) is 1. The fraction of sp³-hybridized carbons (Fsp3) is 0.800. The van der Waals surface area contributed by atoms with E-state index in [1.165, 1.54) is 0 Å². The molecule has 0 aliphatic carbocycles. The number of rotatable bonds is 0. The molecule has 0 bridgehead atoms. The van der Waals surface area contributed by atoms with Crippen molar-refractivity contribution < 1.29 is 4.79 Å². The molecule has 0 spiro atoms. The number of carbonyl (C=O) groups is 1. The molecule has 1 fully saturated rings. The summed E-state index contributed by atoms with van der Waals surface area (Å²) in [5.41, 5.74) is 0. The predicted octanol–water partition coefficient (Wildman–Crippen LogP) is 0.325. The first-order valence-electron chi connectivity index (χ1n) is 2.91. The maximum absolute atomic E-state index is 10.0. The Hall–Kier alpha value is -0.730. The highest BCUT2D eigenvalue weighted by Crippen LogP contribution is 1.69. The number of nitrogens with one attached hydrogen (secondary N) is 2. The first kappa shape index (κ1) is 7.27. The molecule has 0 aromatic carbocycles. The summed E-state index contributed by atoms with van der Waals surface area (Å²) in [5.74, 6) is 0. The third kappa shape index (κ3) is 2.44. The maximum Gasteiger partial charge on any atom is 0.314 e. The molecule has 1 heterocycles. The summed E-state index contributed by atoms with van der Waals surface area (Å²) in [5, 5.41) is 5.14. The quantitative estimate of drug-likeness (QED) is 0.470. The van der Waals surface area contributed by atoms with Gasteiger partial charge in [-0.2, -0.15) is 0 Å². The average Bonchev–Trinajstić information content (AvgIpc) is 2.24. The van der Waals surface area contributed by atoms with Gasteiger partial charge in [0.25, 0.3) is 0 Å². The monoisotopic (exact) mass is 116 g/mol. The van der Waals surface area contributed by atoms with Gasteiger partial charge in [-0.1, -0.05) is 13.8 Å². The SMILES string of the molecule is CC.O=C1NCCN1. The van der Waals surface area contributed by atoms with Crippen molar-refractivity contribution in [3.8, 4) is 0 Å². The third-order valence-corrected chi connectivity index (χ3v) is 0.696. The minimum atomic E-state index is -0.0463. The van der Waals surface area contributed by atoms with Crippen molar-refractivity contribution >= 4 is 6.03 Å².